The molecule has 1 aliphatic heterocycles. The van der Waals surface area contributed by atoms with Crippen LogP contribution in [0.15, 0.2) is 12.1 Å². The smallest absolute Gasteiger partial charge is 0.183 e. The van der Waals surface area contributed by atoms with E-state index in [1.54, 1.807) is 18.1 Å². The number of hydrogen-bond acceptors (Lipinski definition) is 3. The Kier molecular flexibility index (Phi) is 3.25. The van der Waals surface area contributed by atoms with E-state index in [2.05, 4.69) is 0 Å². The van der Waals surface area contributed by atoms with Crippen molar-refractivity contribution >= 4 is 5.69 Å². The molecule has 1 aliphatic rings. The van der Waals surface area contributed by atoms with E-state index in [9.17, 15) is 8.78 Å². The van der Waals surface area contributed by atoms with Crippen LogP contribution in [0.5, 0.6) is 0 Å². The van der Waals surface area contributed by atoms with Gasteiger partial charge in [-0.3, -0.25) is 0 Å². The molecule has 0 radical (unpaired) electrons. The number of halogens is 2. The Balaban J connectivity index is 2.29. The molecule has 0 aliphatic carbocycles. The van der Waals surface area contributed by atoms with Crippen molar-refractivity contribution in [3.63, 3.8) is 0 Å². The molecule has 17 heavy (non-hydrogen) atoms. The van der Waals surface area contributed by atoms with Gasteiger partial charge in [-0.1, -0.05) is 0 Å². The van der Waals surface area contributed by atoms with Crippen molar-refractivity contribution in [2.24, 2.45) is 0 Å². The average Bonchev–Trinajstić information content (AvgIpc) is 2.81. The summed E-state index contributed by atoms with van der Waals surface area (Å²) < 4.78 is 32.3. The van der Waals surface area contributed by atoms with E-state index in [-0.39, 0.29) is 17.4 Å². The summed E-state index contributed by atoms with van der Waals surface area (Å²) in [5.74, 6) is -2.04. The average molecular weight is 238 g/mol. The first-order valence-corrected chi connectivity index (χ1v) is 5.33. The van der Waals surface area contributed by atoms with Gasteiger partial charge >= 0.3 is 0 Å². The number of hydrogen-bond donors (Lipinski definition) is 0. The number of ether oxygens (including phenoxy) is 1. The minimum atomic E-state index is -1.08. The molecule has 5 heteroatoms. The summed E-state index contributed by atoms with van der Waals surface area (Å²) >= 11 is 0. The molecule has 1 unspecified atom stereocenters. The van der Waals surface area contributed by atoms with Crippen LogP contribution in [0.2, 0.25) is 0 Å². The van der Waals surface area contributed by atoms with E-state index in [4.69, 9.17) is 10.00 Å². The van der Waals surface area contributed by atoms with Gasteiger partial charge in [0.2, 0.25) is 0 Å². The predicted molar refractivity (Wildman–Crippen MR) is 58.7 cm³/mol. The Hall–Kier alpha value is -1.67. The van der Waals surface area contributed by atoms with Crippen LogP contribution >= 0.6 is 0 Å². The van der Waals surface area contributed by atoms with E-state index in [0.29, 0.717) is 13.1 Å². The maximum atomic E-state index is 13.7. The Morgan fingerprint density at radius 3 is 2.76 bits per heavy atom. The maximum absolute atomic E-state index is 13.7. The molecule has 1 atom stereocenters. The van der Waals surface area contributed by atoms with Gasteiger partial charge in [0.1, 0.15) is 6.07 Å². The Morgan fingerprint density at radius 1 is 1.41 bits per heavy atom. The fraction of sp³-hybridized carbons (Fsp3) is 0.417. The summed E-state index contributed by atoms with van der Waals surface area (Å²) in [4.78, 5) is 1.73. The fourth-order valence-corrected chi connectivity index (χ4v) is 2.01. The molecule has 1 fully saturated rings. The van der Waals surface area contributed by atoms with Gasteiger partial charge in [-0.15, -0.1) is 0 Å². The van der Waals surface area contributed by atoms with E-state index in [1.807, 2.05) is 0 Å². The van der Waals surface area contributed by atoms with Crippen LogP contribution < -0.4 is 4.90 Å². The second-order valence-corrected chi connectivity index (χ2v) is 3.96. The molecule has 1 aromatic carbocycles. The van der Waals surface area contributed by atoms with E-state index in [0.717, 1.165) is 6.42 Å². The van der Waals surface area contributed by atoms with Crippen molar-refractivity contribution in [3.05, 3.63) is 29.3 Å². The first-order valence-electron chi connectivity index (χ1n) is 5.33. The van der Waals surface area contributed by atoms with Gasteiger partial charge in [0.25, 0.3) is 0 Å². The summed E-state index contributed by atoms with van der Waals surface area (Å²) in [5.41, 5.74) is -0.0743. The van der Waals surface area contributed by atoms with Crippen molar-refractivity contribution in [3.8, 4) is 6.07 Å². The van der Waals surface area contributed by atoms with Crippen molar-refractivity contribution in [1.29, 1.82) is 5.26 Å². The Morgan fingerprint density at radius 2 is 2.18 bits per heavy atom. The number of rotatable bonds is 2. The van der Waals surface area contributed by atoms with Crippen molar-refractivity contribution in [1.82, 2.24) is 0 Å². The molecule has 1 aromatic rings. The molecule has 90 valence electrons. The largest absolute Gasteiger partial charge is 0.380 e. The van der Waals surface area contributed by atoms with E-state index in [1.165, 1.54) is 12.1 Å². The number of nitriles is 1. The summed E-state index contributed by atoms with van der Waals surface area (Å²) in [6, 6.07) is 4.35. The first kappa shape index (κ1) is 11.8. The molecule has 0 aromatic heterocycles. The van der Waals surface area contributed by atoms with Crippen molar-refractivity contribution < 1.29 is 13.5 Å². The SMILES string of the molecule is COC1CCN(c2ccc(C#N)c(F)c2F)C1. The standard InChI is InChI=1S/C12H12F2N2O/c1-17-9-4-5-16(7-9)10-3-2-8(6-15)11(13)12(10)14/h2-3,9H,4-5,7H2,1H3. The zero-order valence-corrected chi connectivity index (χ0v) is 9.41. The van der Waals surface area contributed by atoms with E-state index >= 15 is 0 Å². The highest BCUT2D eigenvalue weighted by Gasteiger charge is 2.26. The van der Waals surface area contributed by atoms with Crippen LogP contribution in [0.3, 0.4) is 0 Å². The third kappa shape index (κ3) is 2.08. The van der Waals surface area contributed by atoms with Gasteiger partial charge in [0, 0.05) is 20.2 Å². The monoisotopic (exact) mass is 238 g/mol. The highest BCUT2D eigenvalue weighted by Crippen LogP contribution is 2.27. The minimum absolute atomic E-state index is 0.0492. The van der Waals surface area contributed by atoms with Crippen molar-refractivity contribution in [2.75, 3.05) is 25.1 Å². The number of anilines is 1. The summed E-state index contributed by atoms with van der Waals surface area (Å²) in [7, 11) is 1.60. The van der Waals surface area contributed by atoms with Gasteiger partial charge < -0.3 is 9.64 Å². The lowest BCUT2D eigenvalue weighted by Crippen LogP contribution is -2.23. The third-order valence-electron chi connectivity index (χ3n) is 3.00. The zero-order chi connectivity index (χ0) is 12.4. The summed E-state index contributed by atoms with van der Waals surface area (Å²) in [6.07, 6.45) is 0.838. The lowest BCUT2D eigenvalue weighted by molar-refractivity contribution is 0.121. The van der Waals surface area contributed by atoms with Crippen LogP contribution in [0, 0.1) is 23.0 Å². The van der Waals surface area contributed by atoms with Gasteiger partial charge in [0.05, 0.1) is 17.4 Å². The fourth-order valence-electron chi connectivity index (χ4n) is 2.01. The molecular weight excluding hydrogens is 226 g/mol. The van der Waals surface area contributed by atoms with Crippen LogP contribution in [0.25, 0.3) is 0 Å². The summed E-state index contributed by atoms with van der Waals surface area (Å²) in [5, 5.41) is 8.59. The van der Waals surface area contributed by atoms with Crippen LogP contribution in [0.4, 0.5) is 14.5 Å². The maximum Gasteiger partial charge on any atom is 0.183 e. The molecule has 2 rings (SSSR count). The second kappa shape index (κ2) is 4.68. The molecule has 0 N–H and O–H groups in total. The lowest BCUT2D eigenvalue weighted by Gasteiger charge is -2.19. The Bertz CT molecular complexity index is 470. The van der Waals surface area contributed by atoms with Gasteiger partial charge in [-0.25, -0.2) is 8.78 Å². The van der Waals surface area contributed by atoms with Crippen LogP contribution in [-0.4, -0.2) is 26.3 Å². The summed E-state index contributed by atoms with van der Waals surface area (Å²) in [6.45, 7) is 1.17. The quantitative estimate of drug-likeness (QED) is 0.791. The molecule has 0 amide bonds. The topological polar surface area (TPSA) is 36.3 Å². The third-order valence-corrected chi connectivity index (χ3v) is 3.00. The second-order valence-electron chi connectivity index (χ2n) is 3.96. The van der Waals surface area contributed by atoms with E-state index < -0.39 is 11.6 Å². The zero-order valence-electron chi connectivity index (χ0n) is 9.41. The first-order chi connectivity index (χ1) is 8.17. The van der Waals surface area contributed by atoms with Gasteiger partial charge in [-0.2, -0.15) is 5.26 Å². The molecule has 0 spiro atoms. The van der Waals surface area contributed by atoms with Gasteiger partial charge in [-0.05, 0) is 18.6 Å². The number of benzene rings is 1. The molecule has 0 bridgehead atoms. The molecule has 1 heterocycles. The van der Waals surface area contributed by atoms with Crippen molar-refractivity contribution in [2.45, 2.75) is 12.5 Å². The minimum Gasteiger partial charge on any atom is -0.380 e. The molecule has 0 saturated carbocycles. The predicted octanol–water partition coefficient (Wildman–Crippen LogP) is 2.06. The Labute approximate surface area is 98.2 Å². The molecule has 3 nitrogen and oxygen atoms in total. The highest BCUT2D eigenvalue weighted by atomic mass is 19.2. The van der Waals surface area contributed by atoms with Crippen LogP contribution in [0.1, 0.15) is 12.0 Å². The van der Waals surface area contributed by atoms with Crippen LogP contribution in [-0.2, 0) is 4.74 Å². The highest BCUT2D eigenvalue weighted by molar-refractivity contribution is 5.52. The molecule has 1 saturated heterocycles. The lowest BCUT2D eigenvalue weighted by atomic mass is 10.2. The normalized spacial score (nSPS) is 19.4. The van der Waals surface area contributed by atoms with Gasteiger partial charge in [0.15, 0.2) is 11.6 Å². The number of methoxy groups -OCH3 is 1. The number of nitrogens with zero attached hydrogens (tertiary/aromatic N) is 2. The molecular formula is C12H12F2N2O.